The molecule has 0 aliphatic carbocycles. The average Bonchev–Trinajstić information content (AvgIpc) is 1.46. The van der Waals surface area contributed by atoms with Crippen LogP contribution in [0.2, 0.25) is 0 Å². The van der Waals surface area contributed by atoms with Gasteiger partial charge in [-0.25, -0.2) is 14.5 Å². The van der Waals surface area contributed by atoms with Crippen LogP contribution in [0.25, 0.3) is 0 Å². The van der Waals surface area contributed by atoms with E-state index < -0.39 is 59.0 Å². The third-order valence-corrected chi connectivity index (χ3v) is 23.8. The number of methoxy groups -OCH3 is 2. The standard InChI is InChI=1S/C85H104N10O20S2/c1-54-34-64-49-92-70-43-73(56(3)36-68(70)80(103)90(64)47-54)112-52-61-37-62(39-63(38-61)93(27-32-108-6)85(4,5)117-116-33-9-11-77(100)89-95-78(101)22-23-79(95)102)53-113-75-44-71-69(42-74(75)109-7)81(104)91-48-55(2)35-72(91)82(105)94(71)84(107)115-51-60-18-14-58(15-19-60)41-67(98)46-87-25-30-111-31-26-88-76(99)21-20-65(96)10-8-28-110-29-24-86-45-66(97)40-57-12-16-59(17-13-57)50-114-83(92)106/h12-19,34-39,42-44,64,72,82,86-87,105H,8-11,20-33,40-41,45-53H2,1-7H3,(H,88,99)(H,89,100)/t64?,72-,82?/m0/s1. The second kappa shape index (κ2) is 41.8. The molecule has 2 unspecified atom stereocenters. The Balaban J connectivity index is 0.868. The molecule has 1 fully saturated rings. The fourth-order valence-electron chi connectivity index (χ4n) is 14.4. The van der Waals surface area contributed by atoms with Gasteiger partial charge in [0.05, 0.1) is 92.6 Å². The number of rotatable bonds is 13. The number of Topliss-reactive ketones (excluding diaryl/α,β-unsaturated/α-hetero) is 3. The van der Waals surface area contributed by atoms with Gasteiger partial charge in [-0.15, -0.1) is 0 Å². The van der Waals surface area contributed by atoms with Gasteiger partial charge in [-0.3, -0.25) is 53.5 Å². The highest BCUT2D eigenvalue weighted by atomic mass is 33.1. The molecule has 5 aromatic carbocycles. The fraction of sp³-hybridized carbons (Fsp3) is 0.471. The summed E-state index contributed by atoms with van der Waals surface area (Å²) in [6.45, 7) is 12.9. The lowest BCUT2D eigenvalue weighted by molar-refractivity contribution is -0.147. The second-order valence-corrected chi connectivity index (χ2v) is 33.1. The normalized spacial score (nSPS) is 20.1. The molecule has 14 rings (SSSR count). The predicted molar refractivity (Wildman–Crippen MR) is 439 cm³/mol. The van der Waals surface area contributed by atoms with Gasteiger partial charge in [-0.05, 0) is 117 Å². The van der Waals surface area contributed by atoms with Crippen LogP contribution in [0.5, 0.6) is 17.2 Å². The third kappa shape index (κ3) is 23.8. The molecule has 30 nitrogen and oxygen atoms in total. The summed E-state index contributed by atoms with van der Waals surface area (Å²) in [7, 11) is 6.13. The van der Waals surface area contributed by atoms with E-state index in [9.17, 15) is 57.8 Å². The molecule has 0 spiro atoms. The maximum absolute atomic E-state index is 14.8. The molecule has 626 valence electrons. The predicted octanol–water partition coefficient (Wildman–Crippen LogP) is 8.56. The Morgan fingerprint density at radius 1 is 0.615 bits per heavy atom. The summed E-state index contributed by atoms with van der Waals surface area (Å²) in [5, 5.41) is 22.1. The molecule has 9 aliphatic rings. The van der Waals surface area contributed by atoms with Gasteiger partial charge >= 0.3 is 12.2 Å². The smallest absolute Gasteiger partial charge is 0.416 e. The van der Waals surface area contributed by atoms with Gasteiger partial charge < -0.3 is 73.7 Å². The van der Waals surface area contributed by atoms with Crippen molar-refractivity contribution < 1.29 is 95.7 Å². The largest absolute Gasteiger partial charge is 0.493 e. The number of anilines is 3. The van der Waals surface area contributed by atoms with Crippen LogP contribution in [0.15, 0.2) is 114 Å². The van der Waals surface area contributed by atoms with Gasteiger partial charge in [0.1, 0.15) is 38.0 Å². The lowest BCUT2D eigenvalue weighted by atomic mass is 10.1. The van der Waals surface area contributed by atoms with E-state index >= 15 is 0 Å². The van der Waals surface area contributed by atoms with Crippen molar-refractivity contribution >= 4 is 104 Å². The first-order chi connectivity index (χ1) is 56.3. The van der Waals surface area contributed by atoms with Crippen LogP contribution in [0.4, 0.5) is 26.7 Å². The molecule has 8 amide bonds. The number of ketones is 3. The Bertz CT molecular complexity index is 4520. The Labute approximate surface area is 688 Å². The molecule has 9 aliphatic heterocycles. The Morgan fingerprint density at radius 2 is 1.19 bits per heavy atom. The first-order valence-electron chi connectivity index (χ1n) is 39.4. The first kappa shape index (κ1) is 87.6. The molecule has 10 bridgehead atoms. The van der Waals surface area contributed by atoms with Crippen LogP contribution in [0.3, 0.4) is 0 Å². The zero-order valence-electron chi connectivity index (χ0n) is 67.3. The number of nitrogens with zero attached hydrogens (tertiary/aromatic N) is 6. The number of imide groups is 1. The number of aliphatic hydroxyl groups is 1. The summed E-state index contributed by atoms with van der Waals surface area (Å²) < 4.78 is 48.6. The highest BCUT2D eigenvalue weighted by Crippen LogP contribution is 2.45. The molecular formula is C85H104N10O20S2. The van der Waals surface area contributed by atoms with Crippen molar-refractivity contribution in [1.29, 1.82) is 0 Å². The van der Waals surface area contributed by atoms with Crippen molar-refractivity contribution in [3.8, 4) is 17.2 Å². The van der Waals surface area contributed by atoms with Crippen molar-refractivity contribution in [2.24, 2.45) is 0 Å². The van der Waals surface area contributed by atoms with Crippen LogP contribution in [-0.2, 0) is 96.5 Å². The Hall–Kier alpha value is -10.2. The zero-order valence-corrected chi connectivity index (χ0v) is 68.9. The Morgan fingerprint density at radius 3 is 1.84 bits per heavy atom. The fourth-order valence-corrected chi connectivity index (χ4v) is 17.1. The molecule has 32 heteroatoms. The van der Waals surface area contributed by atoms with Gasteiger partial charge in [-0.2, -0.15) is 5.01 Å². The van der Waals surface area contributed by atoms with Crippen LogP contribution >= 0.6 is 21.6 Å². The topological polar surface area (TPSA) is 349 Å². The molecule has 0 aromatic heterocycles. The first-order valence-corrected chi connectivity index (χ1v) is 41.7. The molecule has 117 heavy (non-hydrogen) atoms. The summed E-state index contributed by atoms with van der Waals surface area (Å²) in [4.78, 5) is 155. The van der Waals surface area contributed by atoms with E-state index in [1.54, 1.807) is 88.2 Å². The lowest BCUT2D eigenvalue weighted by Crippen LogP contribution is -2.50. The maximum Gasteiger partial charge on any atom is 0.416 e. The van der Waals surface area contributed by atoms with Gasteiger partial charge in [0.25, 0.3) is 11.8 Å². The number of carbonyl (C=O) groups excluding carboxylic acids is 11. The van der Waals surface area contributed by atoms with E-state index in [1.807, 2.05) is 57.2 Å². The minimum absolute atomic E-state index is 0.0109. The number of fused-ring (bicyclic) bond motifs is 2. The van der Waals surface area contributed by atoms with E-state index in [-0.39, 0.29) is 187 Å². The van der Waals surface area contributed by atoms with Crippen molar-refractivity contribution in [1.82, 2.24) is 36.2 Å². The van der Waals surface area contributed by atoms with E-state index in [0.29, 0.717) is 104 Å². The molecule has 5 aromatic rings. The summed E-state index contributed by atoms with van der Waals surface area (Å²) in [5.41, 5.74) is 10.1. The number of amides is 8. The van der Waals surface area contributed by atoms with E-state index in [2.05, 4.69) is 40.1 Å². The average molecular weight is 1650 g/mol. The van der Waals surface area contributed by atoms with Crippen LogP contribution in [0.1, 0.15) is 139 Å². The number of nitrogens with one attached hydrogen (secondary N) is 4. The third-order valence-electron chi connectivity index (χ3n) is 20.5. The molecule has 3 atom stereocenters. The number of aryl methyl sites for hydroxylation is 1. The van der Waals surface area contributed by atoms with Gasteiger partial charge in [0, 0.05) is 128 Å². The van der Waals surface area contributed by atoms with Gasteiger partial charge in [-0.1, -0.05) is 93.4 Å². The monoisotopic (exact) mass is 1650 g/mol. The summed E-state index contributed by atoms with van der Waals surface area (Å²) >= 11 is 0. The quantitative estimate of drug-likeness (QED) is 0.0242. The van der Waals surface area contributed by atoms with E-state index in [4.69, 9.17) is 37.9 Å². The number of hydrogen-bond donors (Lipinski definition) is 5. The highest BCUT2D eigenvalue weighted by Gasteiger charge is 2.46. The molecule has 5 N–H and O–H groups in total. The highest BCUT2D eigenvalue weighted by molar-refractivity contribution is 8.77. The minimum Gasteiger partial charge on any atom is -0.493 e. The molecule has 9 heterocycles. The van der Waals surface area contributed by atoms with Crippen molar-refractivity contribution in [2.45, 2.75) is 148 Å². The van der Waals surface area contributed by atoms with Crippen molar-refractivity contribution in [3.63, 3.8) is 0 Å². The lowest BCUT2D eigenvalue weighted by Gasteiger charge is -2.40. The molecule has 1 saturated heterocycles. The van der Waals surface area contributed by atoms with Crippen molar-refractivity contribution in [3.05, 3.63) is 164 Å². The molecule has 0 saturated carbocycles. The van der Waals surface area contributed by atoms with E-state index in [1.165, 1.54) is 29.0 Å². The SMILES string of the molecule is COCCN(c1cc2cc(c1)COc1cc3c(cc1OC)C(=O)N1CC(C)=C[C@H]1C(O)N3C(=O)OCc1ccc(cc1)CC(=O)CNCCOCCNC(=O)CCC(=O)CCCOCCNCC(=O)Cc1ccc(cc1)COC(=O)N1CC3C=C(C)CN3C(=O)c3cc(C)c(cc31)OC2)C(C)(C)SSCCCC(=O)NN1C(=O)CCC1=O. The molecule has 0 radical (unpaired) electrons. The van der Waals surface area contributed by atoms with Crippen LogP contribution in [0, 0.1) is 6.92 Å². The van der Waals surface area contributed by atoms with Crippen molar-refractivity contribution in [2.75, 3.05) is 127 Å². The van der Waals surface area contributed by atoms with Gasteiger partial charge in [0.2, 0.25) is 23.6 Å². The summed E-state index contributed by atoms with van der Waals surface area (Å²) in [5.74, 6) is -1.41. The summed E-state index contributed by atoms with van der Waals surface area (Å²) in [6.07, 6.45) is 2.18. The van der Waals surface area contributed by atoms with E-state index in [0.717, 1.165) is 32.2 Å². The maximum atomic E-state index is 14.8. The zero-order chi connectivity index (χ0) is 83.3. The number of ether oxygens (including phenoxy) is 8. The summed E-state index contributed by atoms with van der Waals surface area (Å²) in [6, 6.07) is 25.0. The number of hydrazine groups is 1. The van der Waals surface area contributed by atoms with Crippen LogP contribution in [-0.4, -0.2) is 220 Å². The number of benzene rings is 5. The number of aliphatic hydroxyl groups excluding tert-OH is 1. The molecular weight excluding hydrogens is 1550 g/mol. The van der Waals surface area contributed by atoms with Gasteiger partial charge in [0.15, 0.2) is 29.3 Å². The number of carbonyl (C=O) groups is 11. The Kier molecular flexibility index (Phi) is 31.3. The minimum atomic E-state index is -1.63. The number of hydrogen-bond acceptors (Lipinski definition) is 25. The second-order valence-electron chi connectivity index (χ2n) is 30.1. The van der Waals surface area contributed by atoms with Crippen LogP contribution < -0.4 is 50.3 Å².